The van der Waals surface area contributed by atoms with Crippen LogP contribution in [0.1, 0.15) is 29.6 Å². The maximum atomic E-state index is 13.1. The highest BCUT2D eigenvalue weighted by molar-refractivity contribution is 7.89. The zero-order valence-electron chi connectivity index (χ0n) is 17.5. The molecule has 1 amide bonds. The number of nitrogens with zero attached hydrogens (tertiary/aromatic N) is 3. The van der Waals surface area contributed by atoms with Crippen LogP contribution in [0.4, 0.5) is 5.69 Å². The lowest BCUT2D eigenvalue weighted by atomic mass is 10.1. The van der Waals surface area contributed by atoms with E-state index in [0.717, 1.165) is 6.42 Å². The molecule has 0 bridgehead atoms. The third kappa shape index (κ3) is 4.63. The van der Waals surface area contributed by atoms with Crippen molar-refractivity contribution >= 4 is 21.6 Å². The number of furan rings is 1. The molecule has 2 heterocycles. The molecule has 1 N–H and O–H groups in total. The number of nitrogens with one attached hydrogen (secondary N) is 1. The van der Waals surface area contributed by atoms with E-state index in [1.54, 1.807) is 26.0 Å². The van der Waals surface area contributed by atoms with Crippen molar-refractivity contribution in [2.75, 3.05) is 12.4 Å². The summed E-state index contributed by atoms with van der Waals surface area (Å²) in [6, 6.07) is 11.0. The first-order chi connectivity index (χ1) is 14.2. The molecule has 2 aromatic heterocycles. The van der Waals surface area contributed by atoms with Crippen LogP contribution in [0.25, 0.3) is 0 Å². The second-order valence-corrected chi connectivity index (χ2v) is 9.08. The summed E-state index contributed by atoms with van der Waals surface area (Å²) in [5.41, 5.74) is 2.62. The van der Waals surface area contributed by atoms with E-state index in [1.165, 1.54) is 27.9 Å². The van der Waals surface area contributed by atoms with Gasteiger partial charge >= 0.3 is 0 Å². The molecule has 0 radical (unpaired) electrons. The van der Waals surface area contributed by atoms with E-state index in [4.69, 9.17) is 4.42 Å². The molecule has 9 heteroatoms. The number of anilines is 1. The summed E-state index contributed by atoms with van der Waals surface area (Å²) in [5.74, 6) is 0.259. The van der Waals surface area contributed by atoms with Gasteiger partial charge in [-0.25, -0.2) is 8.42 Å². The molecular weight excluding hydrogens is 404 g/mol. The van der Waals surface area contributed by atoms with E-state index < -0.39 is 10.0 Å². The zero-order valence-corrected chi connectivity index (χ0v) is 18.4. The van der Waals surface area contributed by atoms with Gasteiger partial charge in [0.25, 0.3) is 0 Å². The molecule has 0 aliphatic heterocycles. The Balaban J connectivity index is 1.76. The lowest BCUT2D eigenvalue weighted by Crippen LogP contribution is -2.27. The Kier molecular flexibility index (Phi) is 6.42. The first-order valence-corrected chi connectivity index (χ1v) is 11.1. The highest BCUT2D eigenvalue weighted by Gasteiger charge is 2.29. The molecule has 0 saturated heterocycles. The lowest BCUT2D eigenvalue weighted by molar-refractivity contribution is -0.116. The van der Waals surface area contributed by atoms with Gasteiger partial charge in [0.15, 0.2) is 0 Å². The zero-order chi connectivity index (χ0) is 21.9. The minimum absolute atomic E-state index is 0.0837. The summed E-state index contributed by atoms with van der Waals surface area (Å²) >= 11 is 0. The van der Waals surface area contributed by atoms with Gasteiger partial charge in [-0.1, -0.05) is 19.1 Å². The number of aromatic nitrogens is 2. The molecule has 3 aromatic rings. The van der Waals surface area contributed by atoms with Crippen LogP contribution in [0.3, 0.4) is 0 Å². The van der Waals surface area contributed by atoms with Gasteiger partial charge in [0, 0.05) is 12.7 Å². The van der Waals surface area contributed by atoms with Crippen molar-refractivity contribution in [2.24, 2.45) is 0 Å². The number of sulfonamides is 1. The van der Waals surface area contributed by atoms with Crippen LogP contribution < -0.4 is 5.32 Å². The van der Waals surface area contributed by atoms with Gasteiger partial charge in [-0.15, -0.1) is 0 Å². The van der Waals surface area contributed by atoms with Crippen molar-refractivity contribution in [1.82, 2.24) is 14.1 Å². The van der Waals surface area contributed by atoms with Gasteiger partial charge in [-0.2, -0.15) is 9.40 Å². The number of rotatable bonds is 8. The van der Waals surface area contributed by atoms with Crippen molar-refractivity contribution in [1.29, 1.82) is 0 Å². The molecule has 0 unspecified atom stereocenters. The molecule has 0 atom stereocenters. The van der Waals surface area contributed by atoms with Crippen LogP contribution >= 0.6 is 0 Å². The van der Waals surface area contributed by atoms with Crippen LogP contribution in [-0.2, 0) is 34.3 Å². The second kappa shape index (κ2) is 8.85. The molecule has 0 aliphatic carbocycles. The summed E-state index contributed by atoms with van der Waals surface area (Å²) in [5, 5.41) is 7.11. The molecule has 3 rings (SSSR count). The number of hydrogen-bond acceptors (Lipinski definition) is 5. The number of amides is 1. The molecular formula is C21H26N4O4S. The highest BCUT2D eigenvalue weighted by atomic mass is 32.2. The van der Waals surface area contributed by atoms with Crippen LogP contribution in [0.15, 0.2) is 52.0 Å². The van der Waals surface area contributed by atoms with E-state index in [2.05, 4.69) is 17.3 Å². The smallest absolute Gasteiger partial charge is 0.246 e. The number of carbonyl (C=O) groups is 1. The predicted octanol–water partition coefficient (Wildman–Crippen LogP) is 3.11. The van der Waals surface area contributed by atoms with Crippen LogP contribution in [0, 0.1) is 13.8 Å². The van der Waals surface area contributed by atoms with E-state index in [9.17, 15) is 13.2 Å². The minimum Gasteiger partial charge on any atom is -0.468 e. The standard InChI is InChI=1S/C21H26N4O4S/c1-5-17-8-10-18(11-9-17)22-20(26)14-25-16(3)21(15(2)23-25)30(27,28)24(4)13-19-7-6-12-29-19/h6-12H,5,13-14H2,1-4H3,(H,22,26). The topological polar surface area (TPSA) is 97.4 Å². The van der Waals surface area contributed by atoms with Gasteiger partial charge in [0.05, 0.1) is 24.2 Å². The molecule has 0 saturated carbocycles. The summed E-state index contributed by atoms with van der Waals surface area (Å²) < 4.78 is 34.0. The molecule has 0 spiro atoms. The third-order valence-corrected chi connectivity index (χ3v) is 6.94. The summed E-state index contributed by atoms with van der Waals surface area (Å²) in [4.78, 5) is 12.6. The maximum absolute atomic E-state index is 13.1. The number of hydrogen-bond donors (Lipinski definition) is 1. The summed E-state index contributed by atoms with van der Waals surface area (Å²) in [7, 11) is -2.31. The second-order valence-electron chi connectivity index (χ2n) is 7.10. The highest BCUT2D eigenvalue weighted by Crippen LogP contribution is 2.24. The number of carbonyl (C=O) groups excluding carboxylic acids is 1. The fraction of sp³-hybridized carbons (Fsp3) is 0.333. The molecule has 1 aromatic carbocycles. The average molecular weight is 431 g/mol. The van der Waals surface area contributed by atoms with Gasteiger partial charge in [-0.3, -0.25) is 9.48 Å². The fourth-order valence-electron chi connectivity index (χ4n) is 3.23. The van der Waals surface area contributed by atoms with Gasteiger partial charge in [0.2, 0.25) is 15.9 Å². The third-order valence-electron chi connectivity index (χ3n) is 4.88. The van der Waals surface area contributed by atoms with Crippen LogP contribution in [0.5, 0.6) is 0 Å². The molecule has 0 aliphatic rings. The first kappa shape index (κ1) is 21.8. The molecule has 160 valence electrons. The quantitative estimate of drug-likeness (QED) is 0.592. The Morgan fingerprint density at radius 3 is 2.50 bits per heavy atom. The van der Waals surface area contributed by atoms with Gasteiger partial charge in [-0.05, 0) is 50.1 Å². The predicted molar refractivity (Wildman–Crippen MR) is 114 cm³/mol. The Morgan fingerprint density at radius 1 is 1.20 bits per heavy atom. The van der Waals surface area contributed by atoms with Crippen molar-refractivity contribution < 1.29 is 17.6 Å². The Morgan fingerprint density at radius 2 is 1.90 bits per heavy atom. The first-order valence-electron chi connectivity index (χ1n) is 9.64. The number of benzene rings is 1. The Labute approximate surface area is 176 Å². The van der Waals surface area contributed by atoms with Crippen LogP contribution in [0.2, 0.25) is 0 Å². The van der Waals surface area contributed by atoms with E-state index in [0.29, 0.717) is 22.8 Å². The maximum Gasteiger partial charge on any atom is 0.246 e. The monoisotopic (exact) mass is 430 g/mol. The van der Waals surface area contributed by atoms with Gasteiger partial charge in [0.1, 0.15) is 17.2 Å². The molecule has 8 nitrogen and oxygen atoms in total. The normalized spacial score (nSPS) is 11.8. The molecule has 30 heavy (non-hydrogen) atoms. The largest absolute Gasteiger partial charge is 0.468 e. The Hall–Kier alpha value is -2.91. The van der Waals surface area contributed by atoms with E-state index in [-0.39, 0.29) is 23.9 Å². The average Bonchev–Trinajstić information content (AvgIpc) is 3.30. The van der Waals surface area contributed by atoms with Crippen molar-refractivity contribution in [2.45, 2.75) is 45.2 Å². The van der Waals surface area contributed by atoms with Gasteiger partial charge < -0.3 is 9.73 Å². The van der Waals surface area contributed by atoms with Crippen molar-refractivity contribution in [3.05, 3.63) is 65.4 Å². The summed E-state index contributed by atoms with van der Waals surface area (Å²) in [6.45, 7) is 5.36. The van der Waals surface area contributed by atoms with Crippen molar-refractivity contribution in [3.63, 3.8) is 0 Å². The molecule has 0 fully saturated rings. The fourth-order valence-corrected chi connectivity index (χ4v) is 4.73. The van der Waals surface area contributed by atoms with Crippen molar-refractivity contribution in [3.8, 4) is 0 Å². The van der Waals surface area contributed by atoms with Crippen LogP contribution in [-0.4, -0.2) is 35.5 Å². The SMILES string of the molecule is CCc1ccc(NC(=O)Cn2nc(C)c(S(=O)(=O)N(C)Cc3ccco3)c2C)cc1. The summed E-state index contributed by atoms with van der Waals surface area (Å²) in [6.07, 6.45) is 2.42. The Bertz CT molecular complexity index is 1120. The minimum atomic E-state index is -3.80. The van der Waals surface area contributed by atoms with E-state index >= 15 is 0 Å². The number of aryl methyl sites for hydroxylation is 2. The lowest BCUT2D eigenvalue weighted by Gasteiger charge is -2.16. The van der Waals surface area contributed by atoms with E-state index in [1.807, 2.05) is 24.3 Å².